The first-order chi connectivity index (χ1) is 13.8. The molecule has 0 saturated heterocycles. The first kappa shape index (κ1) is 20.8. The van der Waals surface area contributed by atoms with Gasteiger partial charge in [-0.2, -0.15) is 0 Å². The van der Waals surface area contributed by atoms with Crippen LogP contribution in [-0.2, 0) is 14.8 Å². The Labute approximate surface area is 174 Å². The zero-order chi connectivity index (χ0) is 21.0. The van der Waals surface area contributed by atoms with Gasteiger partial charge in [-0.15, -0.1) is 0 Å². The zero-order valence-electron chi connectivity index (χ0n) is 15.8. The van der Waals surface area contributed by atoms with Crippen molar-refractivity contribution in [2.45, 2.75) is 24.7 Å². The van der Waals surface area contributed by atoms with Gasteiger partial charge >= 0.3 is 0 Å². The largest absolute Gasteiger partial charge is 0.326 e. The number of aryl methyl sites for hydroxylation is 1. The molecule has 9 heteroatoms. The summed E-state index contributed by atoms with van der Waals surface area (Å²) in [4.78, 5) is 20.4. The average molecular weight is 431 g/mol. The lowest BCUT2D eigenvalue weighted by Crippen LogP contribution is -2.20. The van der Waals surface area contributed by atoms with Gasteiger partial charge in [0, 0.05) is 34.4 Å². The van der Waals surface area contributed by atoms with Crippen LogP contribution in [0.3, 0.4) is 0 Å². The summed E-state index contributed by atoms with van der Waals surface area (Å²) < 4.78 is 28.2. The molecular formula is C20H19ClN4O3S. The van der Waals surface area contributed by atoms with E-state index < -0.39 is 15.9 Å². The van der Waals surface area contributed by atoms with Crippen molar-refractivity contribution in [3.63, 3.8) is 0 Å². The van der Waals surface area contributed by atoms with E-state index in [0.717, 1.165) is 0 Å². The van der Waals surface area contributed by atoms with Gasteiger partial charge in [-0.3, -0.25) is 9.52 Å². The van der Waals surface area contributed by atoms with Gasteiger partial charge in [0.25, 0.3) is 10.0 Å². The maximum absolute atomic E-state index is 12.8. The monoisotopic (exact) mass is 430 g/mol. The van der Waals surface area contributed by atoms with Crippen LogP contribution in [0, 0.1) is 6.92 Å². The van der Waals surface area contributed by atoms with E-state index in [1.165, 1.54) is 12.4 Å². The van der Waals surface area contributed by atoms with Gasteiger partial charge in [-0.25, -0.2) is 18.4 Å². The number of aromatic nitrogens is 2. The number of hydrogen-bond donors (Lipinski definition) is 2. The van der Waals surface area contributed by atoms with E-state index in [4.69, 9.17) is 11.6 Å². The molecule has 0 spiro atoms. The lowest BCUT2D eigenvalue weighted by atomic mass is 10.0. The second-order valence-electron chi connectivity index (χ2n) is 6.48. The van der Waals surface area contributed by atoms with Crippen LogP contribution >= 0.6 is 11.6 Å². The third kappa shape index (κ3) is 5.10. The van der Waals surface area contributed by atoms with Crippen molar-refractivity contribution in [1.29, 1.82) is 0 Å². The van der Waals surface area contributed by atoms with Gasteiger partial charge in [0.05, 0.1) is 10.8 Å². The molecule has 1 atom stereocenters. The van der Waals surface area contributed by atoms with E-state index in [2.05, 4.69) is 20.0 Å². The first-order valence-corrected chi connectivity index (χ1v) is 10.6. The van der Waals surface area contributed by atoms with Gasteiger partial charge in [0.2, 0.25) is 5.91 Å². The summed E-state index contributed by atoms with van der Waals surface area (Å²) >= 11 is 5.84. The van der Waals surface area contributed by atoms with Crippen LogP contribution in [-0.4, -0.2) is 24.3 Å². The fourth-order valence-electron chi connectivity index (χ4n) is 2.63. The number of carbonyl (C=O) groups is 1. The minimum atomic E-state index is -3.85. The third-order valence-corrected chi connectivity index (χ3v) is 6.09. The van der Waals surface area contributed by atoms with Crippen molar-refractivity contribution >= 4 is 38.9 Å². The van der Waals surface area contributed by atoms with E-state index >= 15 is 0 Å². The van der Waals surface area contributed by atoms with E-state index in [-0.39, 0.29) is 10.8 Å². The molecule has 1 aromatic heterocycles. The van der Waals surface area contributed by atoms with Crippen LogP contribution in [0.4, 0.5) is 11.4 Å². The van der Waals surface area contributed by atoms with Crippen LogP contribution < -0.4 is 10.0 Å². The summed E-state index contributed by atoms with van der Waals surface area (Å²) in [7, 11) is -3.85. The number of anilines is 2. The smallest absolute Gasteiger partial charge is 0.262 e. The normalized spacial score (nSPS) is 12.2. The molecule has 0 fully saturated rings. The first-order valence-electron chi connectivity index (χ1n) is 8.71. The van der Waals surface area contributed by atoms with Gasteiger partial charge in [-0.05, 0) is 55.8 Å². The highest BCUT2D eigenvalue weighted by molar-refractivity contribution is 7.92. The number of nitrogens with one attached hydrogen (secondary N) is 2. The van der Waals surface area contributed by atoms with Crippen LogP contribution in [0.2, 0.25) is 5.02 Å². The SMILES string of the molecule is Cc1ccc(NC(=O)[C@H](C)c2cncnc2)cc1S(=O)(=O)Nc1ccc(Cl)cc1. The van der Waals surface area contributed by atoms with Crippen molar-refractivity contribution in [2.24, 2.45) is 0 Å². The molecule has 0 aliphatic heterocycles. The van der Waals surface area contributed by atoms with E-state index in [1.807, 2.05) is 0 Å². The molecule has 0 radical (unpaired) electrons. The molecule has 0 aliphatic rings. The van der Waals surface area contributed by atoms with E-state index in [9.17, 15) is 13.2 Å². The summed E-state index contributed by atoms with van der Waals surface area (Å²) in [5.41, 5.74) is 1.98. The molecule has 1 amide bonds. The van der Waals surface area contributed by atoms with Crippen LogP contribution in [0.5, 0.6) is 0 Å². The van der Waals surface area contributed by atoms with Crippen molar-refractivity contribution in [1.82, 2.24) is 9.97 Å². The maximum atomic E-state index is 12.8. The average Bonchev–Trinajstić information content (AvgIpc) is 2.71. The highest BCUT2D eigenvalue weighted by Gasteiger charge is 2.20. The lowest BCUT2D eigenvalue weighted by molar-refractivity contribution is -0.117. The third-order valence-electron chi connectivity index (χ3n) is 4.32. The number of benzene rings is 2. The number of amides is 1. The Morgan fingerprint density at radius 3 is 2.31 bits per heavy atom. The molecule has 0 bridgehead atoms. The molecule has 150 valence electrons. The number of hydrogen-bond acceptors (Lipinski definition) is 5. The Balaban J connectivity index is 1.82. The Morgan fingerprint density at radius 1 is 1.03 bits per heavy atom. The number of carbonyl (C=O) groups excluding carboxylic acids is 1. The molecule has 0 unspecified atom stereocenters. The Hall–Kier alpha value is -2.97. The maximum Gasteiger partial charge on any atom is 0.262 e. The fraction of sp³-hybridized carbons (Fsp3) is 0.150. The van der Waals surface area contributed by atoms with Gasteiger partial charge < -0.3 is 5.32 Å². The molecule has 3 rings (SSSR count). The number of halogens is 1. The molecule has 7 nitrogen and oxygen atoms in total. The van der Waals surface area contributed by atoms with Crippen molar-refractivity contribution in [3.05, 3.63) is 77.3 Å². The number of nitrogens with zero attached hydrogens (tertiary/aromatic N) is 2. The summed E-state index contributed by atoms with van der Waals surface area (Å²) in [6.45, 7) is 3.41. The number of sulfonamides is 1. The van der Waals surface area contributed by atoms with Gasteiger partial charge in [-0.1, -0.05) is 17.7 Å². The summed E-state index contributed by atoms with van der Waals surface area (Å²) in [6.07, 6.45) is 4.52. The molecule has 3 aromatic rings. The van der Waals surface area contributed by atoms with Gasteiger partial charge in [0.1, 0.15) is 6.33 Å². The van der Waals surface area contributed by atoms with E-state index in [1.54, 1.807) is 62.6 Å². The second-order valence-corrected chi connectivity index (χ2v) is 8.56. The molecule has 2 N–H and O–H groups in total. The number of rotatable bonds is 6. The predicted molar refractivity (Wildman–Crippen MR) is 113 cm³/mol. The molecule has 0 aliphatic carbocycles. The summed E-state index contributed by atoms with van der Waals surface area (Å²) in [6, 6.07) is 11.1. The Kier molecular flexibility index (Phi) is 6.14. The molecule has 0 saturated carbocycles. The molecule has 2 aromatic carbocycles. The molecule has 29 heavy (non-hydrogen) atoms. The highest BCUT2D eigenvalue weighted by Crippen LogP contribution is 2.25. The second kappa shape index (κ2) is 8.59. The minimum Gasteiger partial charge on any atom is -0.326 e. The van der Waals surface area contributed by atoms with Crippen molar-refractivity contribution in [2.75, 3.05) is 10.0 Å². The standard InChI is InChI=1S/C20H19ClN4O3S/c1-13-3-6-18(24-20(26)14(2)15-10-22-12-23-11-15)9-19(13)29(27,28)25-17-7-4-16(21)5-8-17/h3-12,14,25H,1-2H3,(H,24,26)/t14-/m1/s1. The summed E-state index contributed by atoms with van der Waals surface area (Å²) in [5.74, 6) is -0.789. The Morgan fingerprint density at radius 2 is 1.66 bits per heavy atom. The predicted octanol–water partition coefficient (Wildman–Crippen LogP) is 3.98. The van der Waals surface area contributed by atoms with Gasteiger partial charge in [0.15, 0.2) is 0 Å². The Bertz CT molecular complexity index is 1120. The van der Waals surface area contributed by atoms with E-state index in [0.29, 0.717) is 27.5 Å². The lowest BCUT2D eigenvalue weighted by Gasteiger charge is -2.15. The zero-order valence-corrected chi connectivity index (χ0v) is 17.3. The van der Waals surface area contributed by atoms with Crippen LogP contribution in [0.25, 0.3) is 0 Å². The highest BCUT2D eigenvalue weighted by atomic mass is 35.5. The minimum absolute atomic E-state index is 0.0703. The van der Waals surface area contributed by atoms with Crippen LogP contribution in [0.1, 0.15) is 24.0 Å². The van der Waals surface area contributed by atoms with Crippen LogP contribution in [0.15, 0.2) is 66.1 Å². The quantitative estimate of drug-likeness (QED) is 0.615. The summed E-state index contributed by atoms with van der Waals surface area (Å²) in [5, 5.41) is 3.25. The molecular weight excluding hydrogens is 412 g/mol. The van der Waals surface area contributed by atoms with Crippen molar-refractivity contribution < 1.29 is 13.2 Å². The van der Waals surface area contributed by atoms with Crippen molar-refractivity contribution in [3.8, 4) is 0 Å². The topological polar surface area (TPSA) is 101 Å². The fourth-order valence-corrected chi connectivity index (χ4v) is 4.09. The molecule has 1 heterocycles.